The number of halogens is 2. The molecule has 1 aliphatic heterocycles. The summed E-state index contributed by atoms with van der Waals surface area (Å²) in [5.41, 5.74) is 0.653. The molecular weight excluding hydrogens is 233 g/mol. The molecule has 0 bridgehead atoms. The summed E-state index contributed by atoms with van der Waals surface area (Å²) in [4.78, 5) is 0. The zero-order valence-electron chi connectivity index (χ0n) is 8.93. The Morgan fingerprint density at radius 2 is 2.38 bits per heavy atom. The van der Waals surface area contributed by atoms with Gasteiger partial charge in [-0.05, 0) is 12.1 Å². The summed E-state index contributed by atoms with van der Waals surface area (Å²) in [6.07, 6.45) is -0.211. The molecular formula is C11H13ClFNO2. The van der Waals surface area contributed by atoms with E-state index in [-0.39, 0.29) is 16.9 Å². The molecule has 0 spiro atoms. The molecule has 1 N–H and O–H groups in total. The van der Waals surface area contributed by atoms with E-state index in [0.717, 1.165) is 6.54 Å². The third-order valence-corrected chi connectivity index (χ3v) is 2.80. The second-order valence-electron chi connectivity index (χ2n) is 3.57. The predicted octanol–water partition coefficient (Wildman–Crippen LogP) is 2.15. The highest BCUT2D eigenvalue weighted by atomic mass is 35.5. The van der Waals surface area contributed by atoms with Crippen molar-refractivity contribution >= 4 is 11.6 Å². The normalized spacial score (nSPS) is 20.8. The van der Waals surface area contributed by atoms with E-state index in [9.17, 15) is 4.39 Å². The number of benzene rings is 1. The molecule has 1 unspecified atom stereocenters. The van der Waals surface area contributed by atoms with Gasteiger partial charge in [0.15, 0.2) is 0 Å². The standard InChI is InChI=1S/C11H13ClFNO2/c1-15-11-8(4-7(13)5-9(11)12)10-6-14-2-3-16-10/h4-5,10,14H,2-3,6H2,1H3. The van der Waals surface area contributed by atoms with Gasteiger partial charge in [-0.15, -0.1) is 0 Å². The minimum Gasteiger partial charge on any atom is -0.495 e. The number of rotatable bonds is 2. The fourth-order valence-corrected chi connectivity index (χ4v) is 2.09. The van der Waals surface area contributed by atoms with E-state index in [0.29, 0.717) is 24.5 Å². The van der Waals surface area contributed by atoms with Crippen molar-refractivity contribution in [1.29, 1.82) is 0 Å². The Morgan fingerprint density at radius 1 is 1.56 bits per heavy atom. The molecule has 1 aromatic carbocycles. The minimum atomic E-state index is -0.380. The first kappa shape index (κ1) is 11.6. The number of methoxy groups -OCH3 is 1. The summed E-state index contributed by atoms with van der Waals surface area (Å²) in [5, 5.41) is 3.45. The maximum absolute atomic E-state index is 13.3. The Balaban J connectivity index is 2.36. The van der Waals surface area contributed by atoms with Crippen molar-refractivity contribution in [1.82, 2.24) is 5.32 Å². The highest BCUT2D eigenvalue weighted by molar-refractivity contribution is 6.32. The molecule has 1 aromatic rings. The van der Waals surface area contributed by atoms with Gasteiger partial charge in [-0.3, -0.25) is 0 Å². The molecule has 1 saturated heterocycles. The summed E-state index contributed by atoms with van der Waals surface area (Å²) >= 11 is 5.91. The molecule has 1 fully saturated rings. The maximum Gasteiger partial charge on any atom is 0.143 e. The Hall–Kier alpha value is -0.840. The molecule has 1 aliphatic rings. The Labute approximate surface area is 98.5 Å². The molecule has 16 heavy (non-hydrogen) atoms. The fourth-order valence-electron chi connectivity index (χ4n) is 1.80. The van der Waals surface area contributed by atoms with Crippen molar-refractivity contribution < 1.29 is 13.9 Å². The number of hydrogen-bond donors (Lipinski definition) is 1. The Morgan fingerprint density at radius 3 is 3.00 bits per heavy atom. The largest absolute Gasteiger partial charge is 0.495 e. The second kappa shape index (κ2) is 4.99. The molecule has 2 rings (SSSR count). The number of hydrogen-bond acceptors (Lipinski definition) is 3. The average molecular weight is 246 g/mol. The molecule has 0 radical (unpaired) electrons. The third-order valence-electron chi connectivity index (χ3n) is 2.52. The summed E-state index contributed by atoms with van der Waals surface area (Å²) in [5.74, 6) is 0.103. The highest BCUT2D eigenvalue weighted by Crippen LogP contribution is 2.35. The molecule has 5 heteroatoms. The summed E-state index contributed by atoms with van der Waals surface area (Å²) in [6, 6.07) is 2.64. The van der Waals surface area contributed by atoms with Crippen molar-refractivity contribution in [3.63, 3.8) is 0 Å². The summed E-state index contributed by atoms with van der Waals surface area (Å²) in [7, 11) is 1.51. The molecule has 1 atom stereocenters. The quantitative estimate of drug-likeness (QED) is 0.866. The molecule has 0 saturated carbocycles. The minimum absolute atomic E-state index is 0.211. The lowest BCUT2D eigenvalue weighted by Crippen LogP contribution is -2.33. The van der Waals surface area contributed by atoms with Crippen LogP contribution in [0.1, 0.15) is 11.7 Å². The van der Waals surface area contributed by atoms with E-state index in [1.165, 1.54) is 19.2 Å². The number of morpholine rings is 1. The molecule has 88 valence electrons. The van der Waals surface area contributed by atoms with E-state index in [1.54, 1.807) is 0 Å². The van der Waals surface area contributed by atoms with Gasteiger partial charge in [0.1, 0.15) is 11.6 Å². The van der Waals surface area contributed by atoms with Crippen LogP contribution in [0.25, 0.3) is 0 Å². The summed E-state index contributed by atoms with van der Waals surface area (Å²) < 4.78 is 24.0. The van der Waals surface area contributed by atoms with Gasteiger partial charge in [-0.25, -0.2) is 4.39 Å². The van der Waals surface area contributed by atoms with Gasteiger partial charge in [0.2, 0.25) is 0 Å². The van der Waals surface area contributed by atoms with Crippen molar-refractivity contribution in [3.05, 3.63) is 28.5 Å². The lowest BCUT2D eigenvalue weighted by molar-refractivity contribution is 0.0261. The molecule has 0 aliphatic carbocycles. The maximum atomic E-state index is 13.3. The van der Waals surface area contributed by atoms with Crippen LogP contribution >= 0.6 is 11.6 Å². The van der Waals surface area contributed by atoms with Gasteiger partial charge in [-0.2, -0.15) is 0 Å². The van der Waals surface area contributed by atoms with Crippen LogP contribution in [-0.2, 0) is 4.74 Å². The Bertz CT molecular complexity index is 380. The molecule has 3 nitrogen and oxygen atoms in total. The summed E-state index contributed by atoms with van der Waals surface area (Å²) in [6.45, 7) is 2.04. The molecule has 0 amide bonds. The van der Waals surface area contributed by atoms with Gasteiger partial charge >= 0.3 is 0 Å². The zero-order chi connectivity index (χ0) is 11.5. The lowest BCUT2D eigenvalue weighted by atomic mass is 10.1. The average Bonchev–Trinajstić information content (AvgIpc) is 2.29. The number of nitrogens with one attached hydrogen (secondary N) is 1. The van der Waals surface area contributed by atoms with Crippen LogP contribution in [0.15, 0.2) is 12.1 Å². The van der Waals surface area contributed by atoms with Crippen molar-refractivity contribution in [2.24, 2.45) is 0 Å². The van der Waals surface area contributed by atoms with E-state index in [2.05, 4.69) is 5.32 Å². The highest BCUT2D eigenvalue weighted by Gasteiger charge is 2.22. The van der Waals surface area contributed by atoms with Crippen molar-refractivity contribution in [3.8, 4) is 5.75 Å². The van der Waals surface area contributed by atoms with Crippen LogP contribution in [0.3, 0.4) is 0 Å². The second-order valence-corrected chi connectivity index (χ2v) is 3.98. The first-order chi connectivity index (χ1) is 7.72. The fraction of sp³-hybridized carbons (Fsp3) is 0.455. The smallest absolute Gasteiger partial charge is 0.143 e. The van der Waals surface area contributed by atoms with Gasteiger partial charge in [-0.1, -0.05) is 11.6 Å². The topological polar surface area (TPSA) is 30.5 Å². The Kier molecular flexibility index (Phi) is 3.63. The molecule has 0 aromatic heterocycles. The van der Waals surface area contributed by atoms with Crippen LogP contribution in [0.2, 0.25) is 5.02 Å². The van der Waals surface area contributed by atoms with Crippen molar-refractivity contribution in [2.45, 2.75) is 6.10 Å². The lowest BCUT2D eigenvalue weighted by Gasteiger charge is -2.25. The van der Waals surface area contributed by atoms with Crippen LogP contribution in [0.4, 0.5) is 4.39 Å². The monoisotopic (exact) mass is 245 g/mol. The molecule has 1 heterocycles. The van der Waals surface area contributed by atoms with Crippen LogP contribution in [-0.4, -0.2) is 26.8 Å². The third kappa shape index (κ3) is 2.29. The van der Waals surface area contributed by atoms with Crippen LogP contribution < -0.4 is 10.1 Å². The first-order valence-corrected chi connectivity index (χ1v) is 5.45. The SMILES string of the molecule is COc1c(Cl)cc(F)cc1C1CNCCO1. The van der Waals surface area contributed by atoms with Gasteiger partial charge in [0, 0.05) is 18.7 Å². The van der Waals surface area contributed by atoms with E-state index in [1.807, 2.05) is 0 Å². The van der Waals surface area contributed by atoms with Gasteiger partial charge < -0.3 is 14.8 Å². The van der Waals surface area contributed by atoms with Gasteiger partial charge in [0.25, 0.3) is 0 Å². The predicted molar refractivity (Wildman–Crippen MR) is 59.5 cm³/mol. The van der Waals surface area contributed by atoms with E-state index in [4.69, 9.17) is 21.1 Å². The van der Waals surface area contributed by atoms with Crippen LogP contribution in [0.5, 0.6) is 5.75 Å². The zero-order valence-corrected chi connectivity index (χ0v) is 9.68. The number of ether oxygens (including phenoxy) is 2. The van der Waals surface area contributed by atoms with E-state index < -0.39 is 0 Å². The van der Waals surface area contributed by atoms with Crippen LogP contribution in [0, 0.1) is 5.82 Å². The van der Waals surface area contributed by atoms with E-state index >= 15 is 0 Å². The van der Waals surface area contributed by atoms with Crippen molar-refractivity contribution in [2.75, 3.05) is 26.8 Å². The first-order valence-electron chi connectivity index (χ1n) is 5.07. The van der Waals surface area contributed by atoms with Gasteiger partial charge in [0.05, 0.1) is 24.8 Å².